The van der Waals surface area contributed by atoms with Crippen LogP contribution in [0.2, 0.25) is 0 Å². The Hall–Kier alpha value is -2.68. The number of carbonyl (C=O) groups is 2. The molecule has 1 fully saturated rings. The molecule has 0 spiro atoms. The largest absolute Gasteiger partial charge is 0.469 e. The van der Waals surface area contributed by atoms with Gasteiger partial charge in [0.2, 0.25) is 6.54 Å². The molecule has 2 unspecified atom stereocenters. The Bertz CT molecular complexity index is 763. The second-order valence-corrected chi connectivity index (χ2v) is 8.87. The summed E-state index contributed by atoms with van der Waals surface area (Å²) in [7, 11) is 1.25. The van der Waals surface area contributed by atoms with Crippen molar-refractivity contribution in [1.29, 1.82) is 0 Å². The van der Waals surface area contributed by atoms with Crippen LogP contribution in [0.5, 0.6) is 0 Å². The summed E-state index contributed by atoms with van der Waals surface area (Å²) in [5.74, 6) is -1.33. The molecule has 0 aliphatic carbocycles. The molecule has 1 aliphatic heterocycles. The predicted octanol–water partition coefficient (Wildman–Crippen LogP) is 3.29. The van der Waals surface area contributed by atoms with Crippen LogP contribution in [0.1, 0.15) is 39.2 Å². The highest BCUT2D eigenvalue weighted by molar-refractivity contribution is 5.79. The van der Waals surface area contributed by atoms with Gasteiger partial charge in [0.05, 0.1) is 31.7 Å². The highest BCUT2D eigenvalue weighted by Crippen LogP contribution is 2.40. The third kappa shape index (κ3) is 6.92. The van der Waals surface area contributed by atoms with Crippen molar-refractivity contribution in [2.75, 3.05) is 33.4 Å². The van der Waals surface area contributed by atoms with Gasteiger partial charge in [0.1, 0.15) is 5.60 Å². The summed E-state index contributed by atoms with van der Waals surface area (Å²) in [6.07, 6.45) is 0.318. The first-order chi connectivity index (χ1) is 14.6. The fourth-order valence-electron chi connectivity index (χ4n) is 3.90. The molecule has 2 atom stereocenters. The van der Waals surface area contributed by atoms with Crippen molar-refractivity contribution in [3.05, 3.63) is 46.0 Å². The van der Waals surface area contributed by atoms with Crippen molar-refractivity contribution in [3.8, 4) is 0 Å². The van der Waals surface area contributed by atoms with E-state index in [1.54, 1.807) is 20.8 Å². The molecule has 9 heteroatoms. The van der Waals surface area contributed by atoms with Crippen molar-refractivity contribution >= 4 is 12.1 Å². The lowest BCUT2D eigenvalue weighted by Crippen LogP contribution is -2.56. The zero-order valence-electron chi connectivity index (χ0n) is 18.7. The SMILES string of the molecule is COC(=O)C1(C(COCc2ccccc2)C[N+](=O)[O-])CCCN(C(=O)OC(C)(C)C)C1. The van der Waals surface area contributed by atoms with Crippen LogP contribution in [0.15, 0.2) is 30.3 Å². The Morgan fingerprint density at radius 1 is 1.26 bits per heavy atom. The molecular formula is C22H32N2O7. The molecular weight excluding hydrogens is 404 g/mol. The van der Waals surface area contributed by atoms with Crippen molar-refractivity contribution in [2.45, 2.75) is 45.8 Å². The molecule has 1 heterocycles. The van der Waals surface area contributed by atoms with E-state index in [4.69, 9.17) is 14.2 Å². The summed E-state index contributed by atoms with van der Waals surface area (Å²) in [6.45, 7) is 5.47. The first kappa shape index (κ1) is 24.6. The lowest BCUT2D eigenvalue weighted by molar-refractivity contribution is -0.493. The first-order valence-electron chi connectivity index (χ1n) is 10.4. The molecule has 1 aromatic rings. The van der Waals surface area contributed by atoms with Crippen LogP contribution >= 0.6 is 0 Å². The van der Waals surface area contributed by atoms with Crippen molar-refractivity contribution in [3.63, 3.8) is 0 Å². The highest BCUT2D eigenvalue weighted by atomic mass is 16.6. The minimum atomic E-state index is -1.24. The van der Waals surface area contributed by atoms with E-state index in [0.717, 1.165) is 5.56 Å². The molecule has 0 N–H and O–H groups in total. The Labute approximate surface area is 182 Å². The van der Waals surface area contributed by atoms with Gasteiger partial charge in [0.25, 0.3) is 0 Å². The number of methoxy groups -OCH3 is 1. The maximum Gasteiger partial charge on any atom is 0.410 e. The van der Waals surface area contributed by atoms with Gasteiger partial charge >= 0.3 is 12.1 Å². The number of piperidine rings is 1. The summed E-state index contributed by atoms with van der Waals surface area (Å²) in [5, 5.41) is 11.4. The Morgan fingerprint density at radius 3 is 2.52 bits per heavy atom. The third-order valence-corrected chi connectivity index (χ3v) is 5.35. The fourth-order valence-corrected chi connectivity index (χ4v) is 3.90. The van der Waals surface area contributed by atoms with Gasteiger partial charge in [-0.05, 0) is 39.2 Å². The minimum absolute atomic E-state index is 0.00681. The third-order valence-electron chi connectivity index (χ3n) is 5.35. The molecule has 0 bridgehead atoms. The molecule has 0 saturated carbocycles. The standard InChI is InChI=1S/C22H32N2O7/c1-21(2,3)31-20(26)23-12-8-11-22(16-23,19(25)29-4)18(13-24(27)28)15-30-14-17-9-6-5-7-10-17/h5-7,9-10,18H,8,11-16H2,1-4H3. The summed E-state index contributed by atoms with van der Waals surface area (Å²) < 4.78 is 16.3. The molecule has 1 amide bonds. The molecule has 0 radical (unpaired) electrons. The van der Waals surface area contributed by atoms with E-state index >= 15 is 0 Å². The maximum atomic E-state index is 12.9. The zero-order chi connectivity index (χ0) is 23.1. The average molecular weight is 437 g/mol. The monoisotopic (exact) mass is 436 g/mol. The van der Waals surface area contributed by atoms with Crippen LogP contribution < -0.4 is 0 Å². The van der Waals surface area contributed by atoms with E-state index in [9.17, 15) is 19.7 Å². The number of esters is 1. The van der Waals surface area contributed by atoms with Gasteiger partial charge in [-0.25, -0.2) is 4.79 Å². The number of likely N-dealkylation sites (tertiary alicyclic amines) is 1. The van der Waals surface area contributed by atoms with Gasteiger partial charge in [-0.15, -0.1) is 0 Å². The molecule has 0 aromatic heterocycles. The number of hydrogen-bond donors (Lipinski definition) is 0. The van der Waals surface area contributed by atoms with Crippen LogP contribution in [0, 0.1) is 21.4 Å². The zero-order valence-corrected chi connectivity index (χ0v) is 18.7. The summed E-state index contributed by atoms with van der Waals surface area (Å²) in [6, 6.07) is 9.43. The lowest BCUT2D eigenvalue weighted by atomic mass is 9.70. The van der Waals surface area contributed by atoms with Gasteiger partial charge in [0, 0.05) is 18.0 Å². The number of rotatable bonds is 8. The maximum absolute atomic E-state index is 12.9. The lowest BCUT2D eigenvalue weighted by Gasteiger charge is -2.43. The number of benzene rings is 1. The number of hydrogen-bond acceptors (Lipinski definition) is 7. The van der Waals surface area contributed by atoms with Crippen LogP contribution in [0.4, 0.5) is 4.79 Å². The number of ether oxygens (including phenoxy) is 3. The summed E-state index contributed by atoms with van der Waals surface area (Å²) in [5.41, 5.74) is -1.01. The highest BCUT2D eigenvalue weighted by Gasteiger charge is 2.52. The number of nitrogens with zero attached hydrogens (tertiary/aromatic N) is 2. The van der Waals surface area contributed by atoms with Crippen LogP contribution in [-0.4, -0.2) is 60.8 Å². The second kappa shape index (κ2) is 10.6. The van der Waals surface area contributed by atoms with Gasteiger partial charge in [-0.2, -0.15) is 0 Å². The molecule has 1 aliphatic rings. The topological polar surface area (TPSA) is 108 Å². The van der Waals surface area contributed by atoms with E-state index in [0.29, 0.717) is 19.4 Å². The van der Waals surface area contributed by atoms with Crippen molar-refractivity contribution in [1.82, 2.24) is 4.90 Å². The number of nitro groups is 1. The molecule has 1 saturated heterocycles. The molecule has 9 nitrogen and oxygen atoms in total. The van der Waals surface area contributed by atoms with Crippen LogP contribution in [0.3, 0.4) is 0 Å². The smallest absolute Gasteiger partial charge is 0.410 e. The Morgan fingerprint density at radius 2 is 1.94 bits per heavy atom. The van der Waals surface area contributed by atoms with E-state index in [1.165, 1.54) is 12.0 Å². The Balaban J connectivity index is 2.23. The molecule has 31 heavy (non-hydrogen) atoms. The number of carbonyl (C=O) groups excluding carboxylic acids is 2. The van der Waals surface area contributed by atoms with Crippen LogP contribution in [-0.2, 0) is 25.6 Å². The van der Waals surface area contributed by atoms with E-state index < -0.39 is 40.5 Å². The van der Waals surface area contributed by atoms with Crippen LogP contribution in [0.25, 0.3) is 0 Å². The summed E-state index contributed by atoms with van der Waals surface area (Å²) in [4.78, 5) is 38.0. The van der Waals surface area contributed by atoms with E-state index in [1.807, 2.05) is 30.3 Å². The predicted molar refractivity (Wildman–Crippen MR) is 113 cm³/mol. The minimum Gasteiger partial charge on any atom is -0.469 e. The van der Waals surface area contributed by atoms with Gasteiger partial charge in [-0.3, -0.25) is 14.9 Å². The van der Waals surface area contributed by atoms with Gasteiger partial charge in [-0.1, -0.05) is 30.3 Å². The van der Waals surface area contributed by atoms with E-state index in [-0.39, 0.29) is 19.8 Å². The van der Waals surface area contributed by atoms with E-state index in [2.05, 4.69) is 0 Å². The molecule has 1 aromatic carbocycles. The summed E-state index contributed by atoms with van der Waals surface area (Å²) >= 11 is 0. The molecule has 172 valence electrons. The van der Waals surface area contributed by atoms with Crippen molar-refractivity contribution < 1.29 is 28.7 Å². The average Bonchev–Trinajstić information content (AvgIpc) is 2.71. The Kier molecular flexibility index (Phi) is 8.38. The second-order valence-electron chi connectivity index (χ2n) is 8.87. The van der Waals surface area contributed by atoms with Gasteiger partial charge < -0.3 is 19.1 Å². The normalized spacial score (nSPS) is 20.1. The first-order valence-corrected chi connectivity index (χ1v) is 10.4. The van der Waals surface area contributed by atoms with Gasteiger partial charge in [0.15, 0.2) is 0 Å². The fraction of sp³-hybridized carbons (Fsp3) is 0.636. The quantitative estimate of drug-likeness (QED) is 0.349. The van der Waals surface area contributed by atoms with Crippen molar-refractivity contribution in [2.24, 2.45) is 11.3 Å². The molecule has 2 rings (SSSR count). The number of amides is 1.